The van der Waals surface area contributed by atoms with Crippen LogP contribution in [0.5, 0.6) is 0 Å². The van der Waals surface area contributed by atoms with Gasteiger partial charge in [0, 0.05) is 13.1 Å². The number of halogens is 3. The number of rotatable bonds is 6. The van der Waals surface area contributed by atoms with Gasteiger partial charge in [-0.2, -0.15) is 13.2 Å². The van der Waals surface area contributed by atoms with Crippen molar-refractivity contribution < 1.29 is 27.5 Å². The Morgan fingerprint density at radius 2 is 2.00 bits per heavy atom. The highest BCUT2D eigenvalue weighted by molar-refractivity contribution is 5.82. The summed E-state index contributed by atoms with van der Waals surface area (Å²) >= 11 is 0. The highest BCUT2D eigenvalue weighted by atomic mass is 19.4. The third kappa shape index (κ3) is 7.20. The molecule has 0 spiro atoms. The molecule has 0 aromatic heterocycles. The molecule has 2 atom stereocenters. The number of amides is 1. The zero-order chi connectivity index (χ0) is 17.6. The molecule has 23 heavy (non-hydrogen) atoms. The molecule has 0 radical (unpaired) electrons. The fourth-order valence-corrected chi connectivity index (χ4v) is 2.55. The number of nitrogens with one attached hydrogen (secondary N) is 1. The SMILES string of the molecule is CC(C)[C@@H](NCC(F)(F)F)C(=O)OCC(=O)N1CCC[C@@H](C)C1. The van der Waals surface area contributed by atoms with Crippen LogP contribution in [0.2, 0.25) is 0 Å². The number of alkyl halides is 3. The molecule has 8 heteroatoms. The van der Waals surface area contributed by atoms with Crippen molar-refractivity contribution in [3.05, 3.63) is 0 Å². The number of piperidine rings is 1. The lowest BCUT2D eigenvalue weighted by Crippen LogP contribution is -2.47. The number of nitrogens with zero attached hydrogens (tertiary/aromatic N) is 1. The maximum Gasteiger partial charge on any atom is 0.401 e. The van der Waals surface area contributed by atoms with E-state index < -0.39 is 31.3 Å². The number of carbonyl (C=O) groups is 2. The van der Waals surface area contributed by atoms with Crippen molar-refractivity contribution in [3.63, 3.8) is 0 Å². The first-order chi connectivity index (χ1) is 10.6. The van der Waals surface area contributed by atoms with E-state index in [1.807, 2.05) is 6.92 Å². The van der Waals surface area contributed by atoms with Crippen LogP contribution in [0.3, 0.4) is 0 Å². The van der Waals surface area contributed by atoms with Crippen molar-refractivity contribution in [3.8, 4) is 0 Å². The minimum Gasteiger partial charge on any atom is -0.454 e. The summed E-state index contributed by atoms with van der Waals surface area (Å²) < 4.78 is 41.7. The van der Waals surface area contributed by atoms with E-state index >= 15 is 0 Å². The van der Waals surface area contributed by atoms with Crippen LogP contribution in [-0.2, 0) is 14.3 Å². The van der Waals surface area contributed by atoms with E-state index in [1.165, 1.54) is 0 Å². The van der Waals surface area contributed by atoms with Gasteiger partial charge in [-0.1, -0.05) is 20.8 Å². The minimum atomic E-state index is -4.41. The molecule has 1 heterocycles. The van der Waals surface area contributed by atoms with E-state index in [0.29, 0.717) is 19.0 Å². The first-order valence-corrected chi connectivity index (χ1v) is 7.84. The second kappa shape index (κ2) is 8.52. The van der Waals surface area contributed by atoms with Crippen molar-refractivity contribution in [2.45, 2.75) is 45.8 Å². The smallest absolute Gasteiger partial charge is 0.401 e. The second-order valence-electron chi connectivity index (χ2n) is 6.41. The predicted octanol–water partition coefficient (Wildman–Crippen LogP) is 1.96. The molecule has 1 fully saturated rings. The zero-order valence-electron chi connectivity index (χ0n) is 13.8. The van der Waals surface area contributed by atoms with Crippen LogP contribution in [0.4, 0.5) is 13.2 Å². The number of hydrogen-bond acceptors (Lipinski definition) is 4. The summed E-state index contributed by atoms with van der Waals surface area (Å²) in [7, 11) is 0. The molecular formula is C15H25F3N2O3. The number of esters is 1. The Labute approximate surface area is 134 Å². The minimum absolute atomic E-state index is 0.303. The molecule has 1 aliphatic rings. The van der Waals surface area contributed by atoms with Crippen molar-refractivity contribution >= 4 is 11.9 Å². The van der Waals surface area contributed by atoms with Crippen LogP contribution in [0.1, 0.15) is 33.6 Å². The fourth-order valence-electron chi connectivity index (χ4n) is 2.55. The third-order valence-corrected chi connectivity index (χ3v) is 3.79. The summed E-state index contributed by atoms with van der Waals surface area (Å²) in [5, 5.41) is 2.14. The molecule has 1 aliphatic heterocycles. The van der Waals surface area contributed by atoms with Gasteiger partial charge in [0.05, 0.1) is 6.54 Å². The molecule has 0 aromatic carbocycles. The van der Waals surface area contributed by atoms with Gasteiger partial charge < -0.3 is 9.64 Å². The molecule has 1 rings (SSSR count). The van der Waals surface area contributed by atoms with Crippen LogP contribution in [0.15, 0.2) is 0 Å². The van der Waals surface area contributed by atoms with Gasteiger partial charge in [-0.25, -0.2) is 0 Å². The molecular weight excluding hydrogens is 313 g/mol. The fraction of sp³-hybridized carbons (Fsp3) is 0.867. The van der Waals surface area contributed by atoms with E-state index in [-0.39, 0.29) is 11.8 Å². The molecule has 0 aliphatic carbocycles. The number of carbonyl (C=O) groups excluding carboxylic acids is 2. The molecule has 134 valence electrons. The lowest BCUT2D eigenvalue weighted by molar-refractivity contribution is -0.157. The van der Waals surface area contributed by atoms with Crippen molar-refractivity contribution in [1.82, 2.24) is 10.2 Å². The van der Waals surface area contributed by atoms with Crippen LogP contribution in [0.25, 0.3) is 0 Å². The lowest BCUT2D eigenvalue weighted by Gasteiger charge is -2.31. The molecule has 0 bridgehead atoms. The van der Waals surface area contributed by atoms with E-state index in [0.717, 1.165) is 12.8 Å². The Kier molecular flexibility index (Phi) is 7.31. The quantitative estimate of drug-likeness (QED) is 0.752. The maximum atomic E-state index is 12.3. The third-order valence-electron chi connectivity index (χ3n) is 3.79. The van der Waals surface area contributed by atoms with Crippen LogP contribution in [-0.4, -0.2) is 55.2 Å². The van der Waals surface area contributed by atoms with E-state index in [1.54, 1.807) is 18.7 Å². The molecule has 0 unspecified atom stereocenters. The number of hydrogen-bond donors (Lipinski definition) is 1. The van der Waals surface area contributed by atoms with E-state index in [4.69, 9.17) is 4.74 Å². The van der Waals surface area contributed by atoms with Crippen LogP contribution in [0, 0.1) is 11.8 Å². The van der Waals surface area contributed by atoms with E-state index in [9.17, 15) is 22.8 Å². The van der Waals surface area contributed by atoms with Gasteiger partial charge in [0.1, 0.15) is 6.04 Å². The largest absolute Gasteiger partial charge is 0.454 e. The standard InChI is InChI=1S/C15H25F3N2O3/c1-10(2)13(19-9-15(16,17)18)14(22)23-8-12(21)20-6-4-5-11(3)7-20/h10-11,13,19H,4-9H2,1-3H3/t11-,13-/m1/s1. The average Bonchev–Trinajstić information content (AvgIpc) is 2.43. The summed E-state index contributed by atoms with van der Waals surface area (Å²) in [5.74, 6) is -1.11. The van der Waals surface area contributed by atoms with Crippen molar-refractivity contribution in [1.29, 1.82) is 0 Å². The molecule has 0 aromatic rings. The maximum absolute atomic E-state index is 12.3. The van der Waals surface area contributed by atoms with Gasteiger partial charge in [-0.3, -0.25) is 14.9 Å². The Morgan fingerprint density at radius 1 is 1.35 bits per heavy atom. The van der Waals surface area contributed by atoms with E-state index in [2.05, 4.69) is 5.32 Å². The summed E-state index contributed by atoms with van der Waals surface area (Å²) in [6.45, 7) is 4.82. The van der Waals surface area contributed by atoms with Gasteiger partial charge in [-0.05, 0) is 24.7 Å². The number of likely N-dealkylation sites (tertiary alicyclic amines) is 1. The lowest BCUT2D eigenvalue weighted by atomic mass is 10.0. The average molecular weight is 338 g/mol. The van der Waals surface area contributed by atoms with Gasteiger partial charge in [0.2, 0.25) is 0 Å². The van der Waals surface area contributed by atoms with Crippen molar-refractivity contribution in [2.75, 3.05) is 26.2 Å². The molecule has 5 nitrogen and oxygen atoms in total. The highest BCUT2D eigenvalue weighted by Crippen LogP contribution is 2.16. The summed E-state index contributed by atoms with van der Waals surface area (Å²) in [5.41, 5.74) is 0. The first-order valence-electron chi connectivity index (χ1n) is 7.84. The Morgan fingerprint density at radius 3 is 2.52 bits per heavy atom. The molecule has 1 saturated heterocycles. The predicted molar refractivity (Wildman–Crippen MR) is 78.6 cm³/mol. The van der Waals surface area contributed by atoms with Crippen molar-refractivity contribution in [2.24, 2.45) is 11.8 Å². The number of ether oxygens (including phenoxy) is 1. The second-order valence-corrected chi connectivity index (χ2v) is 6.41. The summed E-state index contributed by atoms with van der Waals surface area (Å²) in [4.78, 5) is 25.6. The van der Waals surface area contributed by atoms with Gasteiger partial charge in [0.15, 0.2) is 6.61 Å². The van der Waals surface area contributed by atoms with Crippen LogP contribution < -0.4 is 5.32 Å². The Bertz CT molecular complexity index is 413. The van der Waals surface area contributed by atoms with Gasteiger partial charge in [-0.15, -0.1) is 0 Å². The zero-order valence-corrected chi connectivity index (χ0v) is 13.8. The highest BCUT2D eigenvalue weighted by Gasteiger charge is 2.32. The first kappa shape index (κ1) is 19.7. The molecule has 1 amide bonds. The Balaban J connectivity index is 2.46. The normalized spacial score (nSPS) is 20.5. The molecule has 1 N–H and O–H groups in total. The van der Waals surface area contributed by atoms with Gasteiger partial charge in [0.25, 0.3) is 5.91 Å². The molecule has 0 saturated carbocycles. The van der Waals surface area contributed by atoms with Crippen LogP contribution >= 0.6 is 0 Å². The van der Waals surface area contributed by atoms with Gasteiger partial charge >= 0.3 is 12.1 Å². The summed E-state index contributed by atoms with van der Waals surface area (Å²) in [6, 6.07) is -1.09. The summed E-state index contributed by atoms with van der Waals surface area (Å²) in [6.07, 6.45) is -2.45. The monoisotopic (exact) mass is 338 g/mol. The topological polar surface area (TPSA) is 58.6 Å². The Hall–Kier alpha value is -1.31.